The largest absolute Gasteiger partial charge is 0.481 e. The van der Waals surface area contributed by atoms with Gasteiger partial charge in [0.25, 0.3) is 11.5 Å². The van der Waals surface area contributed by atoms with E-state index in [1.54, 1.807) is 0 Å². The number of hydrogen-bond acceptors (Lipinski definition) is 4. The van der Waals surface area contributed by atoms with E-state index in [1.807, 2.05) is 20.8 Å². The Morgan fingerprint density at radius 1 is 1.47 bits per heavy atom. The Morgan fingerprint density at radius 3 is 2.53 bits per heavy atom. The molecule has 0 saturated heterocycles. The third-order valence-electron chi connectivity index (χ3n) is 2.63. The highest BCUT2D eigenvalue weighted by Gasteiger charge is 2.29. The van der Waals surface area contributed by atoms with Crippen LogP contribution in [-0.2, 0) is 4.79 Å². The molecule has 104 valence electrons. The lowest BCUT2D eigenvalue weighted by atomic mass is 9.84. The zero-order valence-electron chi connectivity index (χ0n) is 11.1. The predicted molar refractivity (Wildman–Crippen MR) is 67.8 cm³/mol. The van der Waals surface area contributed by atoms with E-state index in [0.717, 1.165) is 6.20 Å². The summed E-state index contributed by atoms with van der Waals surface area (Å²) in [5.41, 5.74) is -0.773. The zero-order chi connectivity index (χ0) is 14.6. The van der Waals surface area contributed by atoms with Crippen molar-refractivity contribution in [3.05, 3.63) is 28.4 Å². The van der Waals surface area contributed by atoms with E-state index in [9.17, 15) is 14.4 Å². The average Bonchev–Trinajstić information content (AvgIpc) is 2.27. The Labute approximate surface area is 110 Å². The molecule has 0 aromatic carbocycles. The van der Waals surface area contributed by atoms with E-state index in [4.69, 9.17) is 5.11 Å². The first-order chi connectivity index (χ1) is 8.70. The molecule has 1 rings (SSSR count). The molecule has 0 aliphatic rings. The van der Waals surface area contributed by atoms with Gasteiger partial charge in [-0.2, -0.15) is 0 Å². The number of hydrogen-bond donors (Lipinski definition) is 3. The van der Waals surface area contributed by atoms with Gasteiger partial charge in [0.1, 0.15) is 5.69 Å². The molecule has 0 bridgehead atoms. The molecular weight excluding hydrogens is 250 g/mol. The number of aromatic amines is 1. The molecule has 0 fully saturated rings. The summed E-state index contributed by atoms with van der Waals surface area (Å²) in [5, 5.41) is 11.5. The van der Waals surface area contributed by atoms with Crippen molar-refractivity contribution in [1.82, 2.24) is 15.3 Å². The van der Waals surface area contributed by atoms with Gasteiger partial charge in [0.05, 0.1) is 12.6 Å². The van der Waals surface area contributed by atoms with Crippen molar-refractivity contribution in [2.24, 2.45) is 5.41 Å². The van der Waals surface area contributed by atoms with Crippen molar-refractivity contribution >= 4 is 11.9 Å². The lowest BCUT2D eigenvalue weighted by molar-refractivity contribution is -0.138. The molecule has 1 aromatic rings. The van der Waals surface area contributed by atoms with Gasteiger partial charge in [0.2, 0.25) is 0 Å². The molecule has 0 spiro atoms. The molecule has 3 N–H and O–H groups in total. The number of carbonyl (C=O) groups is 2. The quantitative estimate of drug-likeness (QED) is 0.730. The number of nitrogens with one attached hydrogen (secondary N) is 2. The fourth-order valence-corrected chi connectivity index (χ4v) is 1.45. The van der Waals surface area contributed by atoms with E-state index in [2.05, 4.69) is 15.3 Å². The van der Waals surface area contributed by atoms with Crippen LogP contribution in [-0.4, -0.2) is 33.0 Å². The molecule has 0 aliphatic carbocycles. The molecule has 0 radical (unpaired) electrons. The van der Waals surface area contributed by atoms with E-state index >= 15 is 0 Å². The number of carboxylic acid groups (broad SMARTS) is 1. The standard InChI is InChI=1S/C12H17N3O4/c1-12(2,3)8(4-10(17)18)15-11(19)7-5-14-9(16)6-13-7/h5-6,8H,4H2,1-3H3,(H,14,16)(H,15,19)(H,17,18). The molecule has 1 heterocycles. The number of H-pyrrole nitrogens is 1. The molecule has 1 atom stereocenters. The number of amides is 1. The summed E-state index contributed by atoms with van der Waals surface area (Å²) in [6, 6.07) is -0.536. The summed E-state index contributed by atoms with van der Waals surface area (Å²) >= 11 is 0. The van der Waals surface area contributed by atoms with Crippen LogP contribution in [0.2, 0.25) is 0 Å². The van der Waals surface area contributed by atoms with Gasteiger partial charge in [-0.3, -0.25) is 14.4 Å². The van der Waals surface area contributed by atoms with Crippen LogP contribution in [0.25, 0.3) is 0 Å². The molecule has 0 aliphatic heterocycles. The van der Waals surface area contributed by atoms with Gasteiger partial charge in [-0.05, 0) is 5.41 Å². The summed E-state index contributed by atoms with van der Waals surface area (Å²) in [6.45, 7) is 5.50. The highest BCUT2D eigenvalue weighted by atomic mass is 16.4. The lowest BCUT2D eigenvalue weighted by Crippen LogP contribution is -2.45. The van der Waals surface area contributed by atoms with Crippen LogP contribution in [0.15, 0.2) is 17.2 Å². The minimum absolute atomic E-state index is 0.0410. The monoisotopic (exact) mass is 267 g/mol. The molecular formula is C12H17N3O4. The van der Waals surface area contributed by atoms with E-state index < -0.39 is 28.9 Å². The van der Waals surface area contributed by atoms with Crippen LogP contribution in [0, 0.1) is 5.41 Å². The second kappa shape index (κ2) is 5.64. The smallest absolute Gasteiger partial charge is 0.305 e. The maximum absolute atomic E-state index is 11.9. The van der Waals surface area contributed by atoms with Crippen LogP contribution >= 0.6 is 0 Å². The Morgan fingerprint density at radius 2 is 2.11 bits per heavy atom. The first-order valence-electron chi connectivity index (χ1n) is 5.77. The molecule has 1 unspecified atom stereocenters. The number of carbonyl (C=O) groups excluding carboxylic acids is 1. The Bertz CT molecular complexity index is 510. The van der Waals surface area contributed by atoms with Crippen LogP contribution in [0.1, 0.15) is 37.7 Å². The van der Waals surface area contributed by atoms with Crippen molar-refractivity contribution in [2.75, 3.05) is 0 Å². The third kappa shape index (κ3) is 4.53. The molecule has 1 aromatic heterocycles. The summed E-state index contributed by atoms with van der Waals surface area (Å²) < 4.78 is 0. The topological polar surface area (TPSA) is 112 Å². The highest BCUT2D eigenvalue weighted by molar-refractivity contribution is 5.92. The highest BCUT2D eigenvalue weighted by Crippen LogP contribution is 2.22. The Kier molecular flexibility index (Phi) is 4.42. The normalized spacial score (nSPS) is 12.8. The third-order valence-corrected chi connectivity index (χ3v) is 2.63. The fourth-order valence-electron chi connectivity index (χ4n) is 1.45. The molecule has 7 nitrogen and oxygen atoms in total. The molecule has 19 heavy (non-hydrogen) atoms. The molecule has 0 saturated carbocycles. The first-order valence-corrected chi connectivity index (χ1v) is 5.77. The second-order valence-electron chi connectivity index (χ2n) is 5.29. The fraction of sp³-hybridized carbons (Fsp3) is 0.500. The summed E-state index contributed by atoms with van der Waals surface area (Å²) in [7, 11) is 0. The van der Waals surface area contributed by atoms with Crippen LogP contribution < -0.4 is 10.9 Å². The van der Waals surface area contributed by atoms with Crippen molar-refractivity contribution in [3.8, 4) is 0 Å². The second-order valence-corrected chi connectivity index (χ2v) is 5.29. The number of carboxylic acids is 1. The van der Waals surface area contributed by atoms with Gasteiger partial charge < -0.3 is 15.4 Å². The summed E-state index contributed by atoms with van der Waals surface area (Å²) in [4.78, 5) is 39.6. The lowest BCUT2D eigenvalue weighted by Gasteiger charge is -2.30. The van der Waals surface area contributed by atoms with Crippen LogP contribution in [0.5, 0.6) is 0 Å². The molecule has 1 amide bonds. The Balaban J connectivity index is 2.84. The van der Waals surface area contributed by atoms with Gasteiger partial charge in [-0.15, -0.1) is 0 Å². The number of aliphatic carboxylic acids is 1. The molecule has 7 heteroatoms. The van der Waals surface area contributed by atoms with E-state index in [-0.39, 0.29) is 12.1 Å². The predicted octanol–water partition coefficient (Wildman–Crippen LogP) is 0.389. The van der Waals surface area contributed by atoms with Crippen LogP contribution in [0.3, 0.4) is 0 Å². The minimum Gasteiger partial charge on any atom is -0.481 e. The van der Waals surface area contributed by atoms with Gasteiger partial charge in [0.15, 0.2) is 0 Å². The summed E-state index contributed by atoms with van der Waals surface area (Å²) in [6.07, 6.45) is 2.01. The SMILES string of the molecule is CC(C)(C)C(CC(=O)O)NC(=O)c1c[nH]c(=O)cn1. The van der Waals surface area contributed by atoms with E-state index in [1.165, 1.54) is 6.20 Å². The average molecular weight is 267 g/mol. The number of aromatic nitrogens is 2. The zero-order valence-corrected chi connectivity index (χ0v) is 11.1. The number of rotatable bonds is 4. The van der Waals surface area contributed by atoms with E-state index in [0.29, 0.717) is 0 Å². The van der Waals surface area contributed by atoms with Gasteiger partial charge in [-0.1, -0.05) is 20.8 Å². The van der Waals surface area contributed by atoms with Crippen molar-refractivity contribution in [3.63, 3.8) is 0 Å². The maximum Gasteiger partial charge on any atom is 0.305 e. The Hall–Kier alpha value is -2.18. The van der Waals surface area contributed by atoms with Crippen molar-refractivity contribution in [2.45, 2.75) is 33.2 Å². The van der Waals surface area contributed by atoms with Crippen molar-refractivity contribution in [1.29, 1.82) is 0 Å². The van der Waals surface area contributed by atoms with Gasteiger partial charge >= 0.3 is 5.97 Å². The van der Waals surface area contributed by atoms with Gasteiger partial charge in [-0.25, -0.2) is 4.98 Å². The minimum atomic E-state index is -0.991. The summed E-state index contributed by atoms with van der Waals surface area (Å²) in [5.74, 6) is -1.51. The van der Waals surface area contributed by atoms with Crippen molar-refractivity contribution < 1.29 is 14.7 Å². The maximum atomic E-state index is 11.9. The van der Waals surface area contributed by atoms with Gasteiger partial charge in [0, 0.05) is 12.2 Å². The van der Waals surface area contributed by atoms with Crippen LogP contribution in [0.4, 0.5) is 0 Å². The first kappa shape index (κ1) is 14.9. The number of nitrogens with zero attached hydrogens (tertiary/aromatic N) is 1.